The lowest BCUT2D eigenvalue weighted by molar-refractivity contribution is -0.138. The summed E-state index contributed by atoms with van der Waals surface area (Å²) in [4.78, 5) is 26.6. The first-order chi connectivity index (χ1) is 9.88. The molecule has 2 aromatic heterocycles. The molecule has 10 heteroatoms. The van der Waals surface area contributed by atoms with Crippen molar-refractivity contribution in [2.75, 3.05) is 0 Å². The van der Waals surface area contributed by atoms with E-state index in [2.05, 4.69) is 20.5 Å². The normalized spacial score (nSPS) is 10.6. The maximum atomic E-state index is 11.6. The van der Waals surface area contributed by atoms with Gasteiger partial charge in [0.25, 0.3) is 5.91 Å². The average Bonchev–Trinajstić information content (AvgIpc) is 2.74. The quantitative estimate of drug-likeness (QED) is 0.788. The van der Waals surface area contributed by atoms with Gasteiger partial charge in [-0.05, 0) is 47.7 Å². The minimum atomic E-state index is -1.08. The van der Waals surface area contributed by atoms with E-state index in [-0.39, 0.29) is 17.3 Å². The van der Waals surface area contributed by atoms with Crippen molar-refractivity contribution >= 4 is 23.6 Å². The minimum Gasteiger partial charge on any atom is -0.480 e. The summed E-state index contributed by atoms with van der Waals surface area (Å²) in [6.45, 7) is 3.15. The van der Waals surface area contributed by atoms with Crippen molar-refractivity contribution in [2.24, 2.45) is 5.73 Å². The van der Waals surface area contributed by atoms with Crippen LogP contribution in [0.25, 0.3) is 0 Å². The Morgan fingerprint density at radius 1 is 1.43 bits per heavy atom. The van der Waals surface area contributed by atoms with Crippen molar-refractivity contribution < 1.29 is 14.7 Å². The van der Waals surface area contributed by atoms with Crippen LogP contribution in [0.1, 0.15) is 21.6 Å². The minimum absolute atomic E-state index is 0.220. The van der Waals surface area contributed by atoms with Gasteiger partial charge in [0.1, 0.15) is 11.6 Å². The molecule has 0 unspecified atom stereocenters. The molecule has 0 spiro atoms. The third-order valence-electron chi connectivity index (χ3n) is 2.53. The van der Waals surface area contributed by atoms with Crippen LogP contribution in [0.5, 0.6) is 0 Å². The number of carboxylic acids is 1. The van der Waals surface area contributed by atoms with Gasteiger partial charge >= 0.3 is 5.97 Å². The van der Waals surface area contributed by atoms with E-state index in [0.29, 0.717) is 16.3 Å². The molecule has 2 aromatic rings. The number of carboxylic acid groups (broad SMARTS) is 1. The van der Waals surface area contributed by atoms with Gasteiger partial charge in [-0.1, -0.05) is 0 Å². The third-order valence-corrected chi connectivity index (χ3v) is 3.49. The fourth-order valence-corrected chi connectivity index (χ4v) is 2.77. The van der Waals surface area contributed by atoms with Crippen LogP contribution in [0.3, 0.4) is 0 Å². The van der Waals surface area contributed by atoms with Gasteiger partial charge in [-0.15, -0.1) is 5.10 Å². The van der Waals surface area contributed by atoms with Gasteiger partial charge in [0.15, 0.2) is 0 Å². The number of carbonyl (C=O) groups is 2. The van der Waals surface area contributed by atoms with Crippen LogP contribution < -0.4 is 5.73 Å². The van der Waals surface area contributed by atoms with Gasteiger partial charge in [-0.25, -0.2) is 9.67 Å². The van der Waals surface area contributed by atoms with Crippen molar-refractivity contribution in [1.29, 1.82) is 0 Å². The Labute approximate surface area is 123 Å². The summed E-state index contributed by atoms with van der Waals surface area (Å²) in [5.74, 6) is -1.69. The van der Waals surface area contributed by atoms with E-state index in [0.717, 1.165) is 16.4 Å². The highest BCUT2D eigenvalue weighted by Crippen LogP contribution is 2.28. The Morgan fingerprint density at radius 3 is 2.76 bits per heavy atom. The highest BCUT2D eigenvalue weighted by Gasteiger charge is 2.19. The summed E-state index contributed by atoms with van der Waals surface area (Å²) in [5, 5.41) is 20.1. The van der Waals surface area contributed by atoms with Crippen LogP contribution in [0, 0.1) is 13.8 Å². The van der Waals surface area contributed by atoms with Crippen LogP contribution in [0.2, 0.25) is 0 Å². The molecule has 3 N–H and O–H groups in total. The molecule has 9 nitrogen and oxygen atoms in total. The number of aliphatic carboxylic acids is 1. The lowest BCUT2D eigenvalue weighted by atomic mass is 10.1. The molecule has 0 radical (unpaired) electrons. The van der Waals surface area contributed by atoms with E-state index in [1.807, 2.05) is 0 Å². The molecule has 0 aliphatic rings. The van der Waals surface area contributed by atoms with Gasteiger partial charge in [0.2, 0.25) is 5.16 Å². The molecule has 1 amide bonds. The van der Waals surface area contributed by atoms with Crippen LogP contribution in [0.4, 0.5) is 0 Å². The molecule has 21 heavy (non-hydrogen) atoms. The van der Waals surface area contributed by atoms with Crippen molar-refractivity contribution in [3.05, 3.63) is 22.9 Å². The Bertz CT molecular complexity index is 714. The molecule has 0 atom stereocenters. The van der Waals surface area contributed by atoms with Gasteiger partial charge in [-0.3, -0.25) is 9.59 Å². The number of pyridine rings is 1. The number of hydrogen-bond donors (Lipinski definition) is 2. The SMILES string of the molecule is Cc1cc(C)c(C(N)=O)c(Sc2nnnn2CC(=O)O)n1. The molecule has 0 fully saturated rings. The second-order valence-corrected chi connectivity index (χ2v) is 5.20. The molecule has 0 bridgehead atoms. The van der Waals surface area contributed by atoms with E-state index < -0.39 is 11.9 Å². The molecule has 0 saturated heterocycles. The predicted molar refractivity (Wildman–Crippen MR) is 71.8 cm³/mol. The van der Waals surface area contributed by atoms with Crippen LogP contribution in [0.15, 0.2) is 16.2 Å². The smallest absolute Gasteiger partial charge is 0.325 e. The van der Waals surface area contributed by atoms with E-state index in [4.69, 9.17) is 10.8 Å². The fraction of sp³-hybridized carbons (Fsp3) is 0.273. The number of rotatable bonds is 5. The van der Waals surface area contributed by atoms with Crippen LogP contribution >= 0.6 is 11.8 Å². The van der Waals surface area contributed by atoms with Gasteiger partial charge in [0, 0.05) is 5.69 Å². The number of hydrogen-bond acceptors (Lipinski definition) is 7. The standard InChI is InChI=1S/C11H12N6O3S/c1-5-3-6(2)13-10(8(5)9(12)20)21-11-14-15-16-17(11)4-7(18)19/h3H,4H2,1-2H3,(H2,12,20)(H,18,19). The molecule has 2 rings (SSSR count). The molecular weight excluding hydrogens is 296 g/mol. The van der Waals surface area contributed by atoms with Crippen LogP contribution in [-0.2, 0) is 11.3 Å². The maximum absolute atomic E-state index is 11.6. The number of aromatic nitrogens is 5. The predicted octanol–water partition coefficient (Wildman–Crippen LogP) is 0.0196. The Kier molecular flexibility index (Phi) is 4.17. The first-order valence-electron chi connectivity index (χ1n) is 5.82. The van der Waals surface area contributed by atoms with Gasteiger partial charge in [-0.2, -0.15) is 0 Å². The zero-order valence-corrected chi connectivity index (χ0v) is 12.1. The summed E-state index contributed by atoms with van der Waals surface area (Å²) in [5.41, 5.74) is 7.04. The van der Waals surface area contributed by atoms with E-state index >= 15 is 0 Å². The number of amides is 1. The Morgan fingerprint density at radius 2 is 2.14 bits per heavy atom. The van der Waals surface area contributed by atoms with E-state index in [9.17, 15) is 9.59 Å². The average molecular weight is 308 g/mol. The summed E-state index contributed by atoms with van der Waals surface area (Å²) in [7, 11) is 0. The Hall–Kier alpha value is -2.49. The first kappa shape index (κ1) is 14.9. The van der Waals surface area contributed by atoms with Gasteiger partial charge in [0.05, 0.1) is 5.56 Å². The highest BCUT2D eigenvalue weighted by atomic mass is 32.2. The number of tetrazole rings is 1. The number of carbonyl (C=O) groups excluding carboxylic acids is 1. The van der Waals surface area contributed by atoms with E-state index in [1.165, 1.54) is 0 Å². The zero-order valence-electron chi connectivity index (χ0n) is 11.3. The summed E-state index contributed by atoms with van der Waals surface area (Å²) < 4.78 is 1.11. The highest BCUT2D eigenvalue weighted by molar-refractivity contribution is 7.99. The largest absolute Gasteiger partial charge is 0.480 e. The monoisotopic (exact) mass is 308 g/mol. The fourth-order valence-electron chi connectivity index (χ4n) is 1.76. The molecule has 110 valence electrons. The van der Waals surface area contributed by atoms with Crippen molar-refractivity contribution in [2.45, 2.75) is 30.6 Å². The Balaban J connectivity index is 2.42. The molecule has 0 aliphatic heterocycles. The number of nitrogens with two attached hydrogens (primary N) is 1. The number of nitrogens with zero attached hydrogens (tertiary/aromatic N) is 5. The lowest BCUT2D eigenvalue weighted by Crippen LogP contribution is -2.16. The molecular formula is C11H12N6O3S. The third kappa shape index (κ3) is 3.34. The maximum Gasteiger partial charge on any atom is 0.325 e. The summed E-state index contributed by atoms with van der Waals surface area (Å²) >= 11 is 0.998. The molecule has 0 saturated carbocycles. The van der Waals surface area contributed by atoms with E-state index in [1.54, 1.807) is 19.9 Å². The molecule has 0 aliphatic carbocycles. The van der Waals surface area contributed by atoms with Gasteiger partial charge < -0.3 is 10.8 Å². The van der Waals surface area contributed by atoms with Crippen molar-refractivity contribution in [1.82, 2.24) is 25.2 Å². The number of aryl methyl sites for hydroxylation is 2. The topological polar surface area (TPSA) is 137 Å². The molecule has 2 heterocycles. The molecule has 0 aromatic carbocycles. The lowest BCUT2D eigenvalue weighted by Gasteiger charge is -2.09. The summed E-state index contributed by atoms with van der Waals surface area (Å²) in [6, 6.07) is 1.74. The number of primary amides is 1. The van der Waals surface area contributed by atoms with Crippen molar-refractivity contribution in [3.8, 4) is 0 Å². The second kappa shape index (κ2) is 5.87. The van der Waals surface area contributed by atoms with Crippen LogP contribution in [-0.4, -0.2) is 42.2 Å². The van der Waals surface area contributed by atoms with Crippen molar-refractivity contribution in [3.63, 3.8) is 0 Å². The second-order valence-electron chi connectivity index (χ2n) is 4.24. The first-order valence-corrected chi connectivity index (χ1v) is 6.64. The summed E-state index contributed by atoms with van der Waals surface area (Å²) in [6.07, 6.45) is 0. The zero-order chi connectivity index (χ0) is 15.6.